The van der Waals surface area contributed by atoms with Crippen molar-refractivity contribution in [2.45, 2.75) is 45.4 Å². The molecule has 34 heavy (non-hydrogen) atoms. The first-order valence-electron chi connectivity index (χ1n) is 10.8. The number of hydrogen-bond acceptors (Lipinski definition) is 8. The molecule has 1 fully saturated rings. The zero-order chi connectivity index (χ0) is 25.0. The second-order valence-corrected chi connectivity index (χ2v) is 8.06. The topological polar surface area (TPSA) is 131 Å². The number of esters is 1. The van der Waals surface area contributed by atoms with E-state index in [2.05, 4.69) is 10.6 Å². The summed E-state index contributed by atoms with van der Waals surface area (Å²) in [6, 6.07) is 3.25. The van der Waals surface area contributed by atoms with E-state index in [1.54, 1.807) is 6.08 Å². The maximum absolute atomic E-state index is 15.2. The third kappa shape index (κ3) is 5.66. The van der Waals surface area contributed by atoms with Crippen LogP contribution in [0.5, 0.6) is 0 Å². The number of ketones is 2. The van der Waals surface area contributed by atoms with Gasteiger partial charge in [0.15, 0.2) is 5.78 Å². The van der Waals surface area contributed by atoms with Crippen molar-refractivity contribution in [1.82, 2.24) is 10.6 Å². The zero-order valence-electron chi connectivity index (χ0n) is 19.1. The summed E-state index contributed by atoms with van der Waals surface area (Å²) in [4.78, 5) is 60.8. The van der Waals surface area contributed by atoms with Crippen LogP contribution in [0.2, 0.25) is 0 Å². The predicted molar refractivity (Wildman–Crippen MR) is 117 cm³/mol. The van der Waals surface area contributed by atoms with E-state index in [4.69, 9.17) is 9.47 Å². The van der Waals surface area contributed by atoms with Crippen LogP contribution in [0.15, 0.2) is 29.8 Å². The Bertz CT molecular complexity index is 1050. The van der Waals surface area contributed by atoms with Crippen molar-refractivity contribution in [3.63, 3.8) is 0 Å². The summed E-state index contributed by atoms with van der Waals surface area (Å²) in [6.07, 6.45) is -0.776. The molecule has 0 radical (unpaired) electrons. The molecule has 3 rings (SSSR count). The minimum Gasteiger partial charge on any atom is -0.446 e. The second kappa shape index (κ2) is 10.6. The van der Waals surface area contributed by atoms with Crippen molar-refractivity contribution in [3.05, 3.63) is 41.2 Å². The Kier molecular flexibility index (Phi) is 7.77. The maximum Gasteiger partial charge on any atom is 0.414 e. The highest BCUT2D eigenvalue weighted by Gasteiger charge is 2.36. The van der Waals surface area contributed by atoms with Gasteiger partial charge in [-0.1, -0.05) is 12.1 Å². The molecule has 10 nitrogen and oxygen atoms in total. The lowest BCUT2D eigenvalue weighted by atomic mass is 9.89. The van der Waals surface area contributed by atoms with E-state index in [1.807, 2.05) is 0 Å². The van der Waals surface area contributed by atoms with Gasteiger partial charge in [-0.3, -0.25) is 24.1 Å². The highest BCUT2D eigenvalue weighted by Crippen LogP contribution is 2.32. The van der Waals surface area contributed by atoms with Gasteiger partial charge in [0.2, 0.25) is 17.8 Å². The molecule has 0 aliphatic carbocycles. The quantitative estimate of drug-likeness (QED) is 0.425. The molecule has 1 aromatic rings. The summed E-state index contributed by atoms with van der Waals surface area (Å²) >= 11 is 0. The van der Waals surface area contributed by atoms with E-state index in [-0.39, 0.29) is 35.8 Å². The van der Waals surface area contributed by atoms with E-state index < -0.39 is 47.7 Å². The van der Waals surface area contributed by atoms with Crippen LogP contribution in [0.3, 0.4) is 0 Å². The Morgan fingerprint density at radius 1 is 1.26 bits per heavy atom. The van der Waals surface area contributed by atoms with Gasteiger partial charge < -0.3 is 20.1 Å². The van der Waals surface area contributed by atoms with E-state index in [1.165, 1.54) is 24.0 Å². The molecule has 2 heterocycles. The second-order valence-electron chi connectivity index (χ2n) is 8.06. The molecular weight excluding hydrogens is 449 g/mol. The number of carbonyl (C=O) groups is 5. The number of amides is 2. The summed E-state index contributed by atoms with van der Waals surface area (Å²) in [5, 5.41) is 5.63. The summed E-state index contributed by atoms with van der Waals surface area (Å²) in [5.74, 6) is -3.07. The molecule has 2 unspecified atom stereocenters. The number of rotatable bonds is 8. The fourth-order valence-corrected chi connectivity index (χ4v) is 3.86. The first kappa shape index (κ1) is 25.0. The van der Waals surface area contributed by atoms with E-state index in [0.717, 1.165) is 19.9 Å². The van der Waals surface area contributed by atoms with E-state index in [9.17, 15) is 24.0 Å². The molecule has 182 valence electrons. The molecule has 2 amide bonds. The molecular formula is C23H26FN3O7. The lowest BCUT2D eigenvalue weighted by Gasteiger charge is -2.28. The number of benzene rings is 1. The normalized spacial score (nSPS) is 20.8. The number of halogens is 1. The summed E-state index contributed by atoms with van der Waals surface area (Å²) in [6.45, 7) is 4.31. The molecule has 1 aromatic carbocycles. The van der Waals surface area contributed by atoms with E-state index in [0.29, 0.717) is 13.0 Å². The van der Waals surface area contributed by atoms with Crippen LogP contribution in [-0.2, 0) is 28.7 Å². The zero-order valence-corrected chi connectivity index (χ0v) is 19.1. The molecule has 0 bridgehead atoms. The Morgan fingerprint density at radius 2 is 2.00 bits per heavy atom. The summed E-state index contributed by atoms with van der Waals surface area (Å²) in [5.41, 5.74) is 0.511. The standard InChI is InChI=1S/C23H26FN3O7/c1-12(28)22(33-14(3)30)21(31)18-5-4-8-25-20(18)17-7-6-15(9-19(17)24)27-11-16(34-23(27)32)10-26-13(2)29/h5-7,9,16,20,22,25H,4,8,10-11H2,1-3H3,(H,26,29)/t16-,20?,22?/m0/s1. The number of carbonyl (C=O) groups excluding carboxylic acids is 5. The van der Waals surface area contributed by atoms with Crippen LogP contribution in [0.1, 0.15) is 38.8 Å². The van der Waals surface area contributed by atoms with Crippen LogP contribution < -0.4 is 15.5 Å². The summed E-state index contributed by atoms with van der Waals surface area (Å²) < 4.78 is 25.3. The van der Waals surface area contributed by atoms with Gasteiger partial charge in [0, 0.05) is 25.0 Å². The van der Waals surface area contributed by atoms with Gasteiger partial charge >= 0.3 is 12.1 Å². The van der Waals surface area contributed by atoms with Crippen LogP contribution in [0.4, 0.5) is 14.9 Å². The Hall–Kier alpha value is -3.60. The van der Waals surface area contributed by atoms with E-state index >= 15 is 4.39 Å². The average Bonchev–Trinajstić information content (AvgIpc) is 3.16. The molecule has 0 aromatic heterocycles. The molecule has 2 aliphatic heterocycles. The van der Waals surface area contributed by atoms with Crippen molar-refractivity contribution in [2.24, 2.45) is 0 Å². The lowest BCUT2D eigenvalue weighted by molar-refractivity contribution is -0.156. The lowest BCUT2D eigenvalue weighted by Crippen LogP contribution is -2.39. The van der Waals surface area contributed by atoms with Gasteiger partial charge in [0.1, 0.15) is 11.9 Å². The Labute approximate surface area is 195 Å². The monoisotopic (exact) mass is 475 g/mol. The molecule has 2 aliphatic rings. The highest BCUT2D eigenvalue weighted by molar-refractivity contribution is 6.13. The molecule has 0 spiro atoms. The van der Waals surface area contributed by atoms with Gasteiger partial charge in [0.25, 0.3) is 0 Å². The SMILES string of the molecule is CC(=O)NC[C@H]1CN(c2ccc(C3NCCC=C3C(=O)C(OC(C)=O)C(C)=O)c(F)c2)C(=O)O1. The predicted octanol–water partition coefficient (Wildman–Crippen LogP) is 1.34. The molecule has 3 atom stereocenters. The molecule has 2 N–H and O–H groups in total. The fraction of sp³-hybridized carbons (Fsp3) is 0.435. The number of ether oxygens (including phenoxy) is 2. The van der Waals surface area contributed by atoms with Gasteiger partial charge in [0.05, 0.1) is 24.8 Å². The average molecular weight is 475 g/mol. The maximum atomic E-state index is 15.2. The van der Waals surface area contributed by atoms with Crippen LogP contribution in [-0.4, -0.2) is 61.4 Å². The number of nitrogens with zero attached hydrogens (tertiary/aromatic N) is 1. The van der Waals surface area contributed by atoms with Gasteiger partial charge in [-0.05, 0) is 32.0 Å². The van der Waals surface area contributed by atoms with Crippen molar-refractivity contribution in [2.75, 3.05) is 24.5 Å². The van der Waals surface area contributed by atoms with Gasteiger partial charge in [-0.15, -0.1) is 0 Å². The fourth-order valence-electron chi connectivity index (χ4n) is 3.86. The summed E-state index contributed by atoms with van der Waals surface area (Å²) in [7, 11) is 0. The van der Waals surface area contributed by atoms with Crippen LogP contribution in [0, 0.1) is 5.82 Å². The van der Waals surface area contributed by atoms with Crippen molar-refractivity contribution in [1.29, 1.82) is 0 Å². The molecule has 1 saturated heterocycles. The Balaban J connectivity index is 1.82. The first-order chi connectivity index (χ1) is 16.1. The van der Waals surface area contributed by atoms with Crippen LogP contribution in [0.25, 0.3) is 0 Å². The third-order valence-corrected chi connectivity index (χ3v) is 5.40. The smallest absolute Gasteiger partial charge is 0.414 e. The number of hydrogen-bond donors (Lipinski definition) is 2. The first-order valence-corrected chi connectivity index (χ1v) is 10.8. The number of Topliss-reactive ketones (excluding diaryl/α,β-unsaturated/α-hetero) is 2. The third-order valence-electron chi connectivity index (χ3n) is 5.40. The minimum absolute atomic E-state index is 0.121. The number of cyclic esters (lactones) is 1. The number of nitrogens with one attached hydrogen (secondary N) is 2. The molecule has 0 saturated carbocycles. The van der Waals surface area contributed by atoms with Crippen molar-refractivity contribution in [3.8, 4) is 0 Å². The Morgan fingerprint density at radius 3 is 2.62 bits per heavy atom. The minimum atomic E-state index is -1.60. The number of anilines is 1. The van der Waals surface area contributed by atoms with Crippen molar-refractivity contribution < 1.29 is 37.8 Å². The van der Waals surface area contributed by atoms with Gasteiger partial charge in [-0.2, -0.15) is 0 Å². The molecule has 11 heteroatoms. The largest absolute Gasteiger partial charge is 0.446 e. The van der Waals surface area contributed by atoms with Crippen molar-refractivity contribution >= 4 is 35.2 Å². The van der Waals surface area contributed by atoms with Gasteiger partial charge in [-0.25, -0.2) is 9.18 Å². The highest BCUT2D eigenvalue weighted by atomic mass is 19.1. The van der Waals surface area contributed by atoms with Crippen LogP contribution >= 0.6 is 0 Å².